The number of hydrogen-bond acceptors (Lipinski definition) is 2. The van der Waals surface area contributed by atoms with Crippen LogP contribution >= 0.6 is 15.9 Å². The predicted molar refractivity (Wildman–Crippen MR) is 74.0 cm³/mol. The van der Waals surface area contributed by atoms with Crippen LogP contribution in [0.4, 0.5) is 4.39 Å². The molecule has 1 atom stereocenters. The van der Waals surface area contributed by atoms with Gasteiger partial charge in [-0.2, -0.15) is 0 Å². The molecule has 0 amide bonds. The van der Waals surface area contributed by atoms with E-state index in [2.05, 4.69) is 26.2 Å². The predicted octanol–water partition coefficient (Wildman–Crippen LogP) is 3.60. The molecule has 0 bridgehead atoms. The van der Waals surface area contributed by atoms with Gasteiger partial charge in [0.25, 0.3) is 0 Å². The van der Waals surface area contributed by atoms with E-state index >= 15 is 0 Å². The highest BCUT2D eigenvalue weighted by atomic mass is 79.9. The molecule has 4 heteroatoms. The number of rotatable bonds is 3. The second-order valence-electron chi connectivity index (χ2n) is 4.12. The summed E-state index contributed by atoms with van der Waals surface area (Å²) in [6, 6.07) is 6.69. The molecule has 2 aromatic rings. The van der Waals surface area contributed by atoms with E-state index in [4.69, 9.17) is 0 Å². The molecule has 0 spiro atoms. The Labute approximate surface area is 114 Å². The number of nitrogens with zero attached hydrogens (tertiary/aromatic N) is 1. The zero-order valence-corrected chi connectivity index (χ0v) is 11.8. The van der Waals surface area contributed by atoms with E-state index in [-0.39, 0.29) is 11.9 Å². The monoisotopic (exact) mass is 308 g/mol. The van der Waals surface area contributed by atoms with Gasteiger partial charge < -0.3 is 5.32 Å². The van der Waals surface area contributed by atoms with Crippen LogP contribution in [-0.4, -0.2) is 12.0 Å². The van der Waals surface area contributed by atoms with Gasteiger partial charge in [-0.1, -0.05) is 22.0 Å². The fraction of sp³-hybridized carbons (Fsp3) is 0.214. The highest BCUT2D eigenvalue weighted by molar-refractivity contribution is 9.10. The molecule has 1 unspecified atom stereocenters. The summed E-state index contributed by atoms with van der Waals surface area (Å²) in [6.07, 6.45) is 3.61. The number of hydrogen-bond donors (Lipinski definition) is 1. The molecule has 0 radical (unpaired) electrons. The first-order valence-electron chi connectivity index (χ1n) is 5.66. The second kappa shape index (κ2) is 5.59. The van der Waals surface area contributed by atoms with Crippen LogP contribution in [0.1, 0.15) is 22.7 Å². The van der Waals surface area contributed by atoms with E-state index in [9.17, 15) is 4.39 Å². The van der Waals surface area contributed by atoms with Crippen LogP contribution in [0.15, 0.2) is 41.1 Å². The summed E-state index contributed by atoms with van der Waals surface area (Å²) in [7, 11) is 1.88. The maximum Gasteiger partial charge on any atom is 0.124 e. The molecule has 2 nitrogen and oxygen atoms in total. The SMILES string of the molecule is CNC(c1cnccc1C)c1ccc(F)cc1Br. The molecule has 18 heavy (non-hydrogen) atoms. The topological polar surface area (TPSA) is 24.9 Å². The first kappa shape index (κ1) is 13.2. The van der Waals surface area contributed by atoms with Crippen molar-refractivity contribution in [3.8, 4) is 0 Å². The van der Waals surface area contributed by atoms with E-state index < -0.39 is 0 Å². The second-order valence-corrected chi connectivity index (χ2v) is 4.97. The normalized spacial score (nSPS) is 12.4. The van der Waals surface area contributed by atoms with Crippen molar-refractivity contribution in [3.63, 3.8) is 0 Å². The third-order valence-corrected chi connectivity index (χ3v) is 3.64. The molecule has 0 aliphatic carbocycles. The van der Waals surface area contributed by atoms with E-state index in [1.807, 2.05) is 26.2 Å². The summed E-state index contributed by atoms with van der Waals surface area (Å²) in [5.41, 5.74) is 3.24. The number of halogens is 2. The lowest BCUT2D eigenvalue weighted by Gasteiger charge is -2.20. The van der Waals surface area contributed by atoms with Crippen LogP contribution in [0.3, 0.4) is 0 Å². The van der Waals surface area contributed by atoms with Gasteiger partial charge in [0, 0.05) is 16.9 Å². The van der Waals surface area contributed by atoms with Gasteiger partial charge in [0.2, 0.25) is 0 Å². The maximum atomic E-state index is 13.1. The molecule has 2 rings (SSSR count). The minimum absolute atomic E-state index is 0.00586. The quantitative estimate of drug-likeness (QED) is 0.937. The van der Waals surface area contributed by atoms with Gasteiger partial charge in [-0.05, 0) is 48.9 Å². The molecule has 0 fully saturated rings. The molecule has 1 aromatic carbocycles. The van der Waals surface area contributed by atoms with Crippen LogP contribution in [0.5, 0.6) is 0 Å². The van der Waals surface area contributed by atoms with Gasteiger partial charge in [-0.25, -0.2) is 4.39 Å². The number of pyridine rings is 1. The molecule has 0 aliphatic rings. The van der Waals surface area contributed by atoms with E-state index in [0.29, 0.717) is 0 Å². The van der Waals surface area contributed by atoms with Crippen LogP contribution < -0.4 is 5.32 Å². The summed E-state index contributed by atoms with van der Waals surface area (Å²) in [6.45, 7) is 2.04. The minimum atomic E-state index is -0.247. The average Bonchev–Trinajstić information content (AvgIpc) is 2.34. The lowest BCUT2D eigenvalue weighted by atomic mass is 9.97. The van der Waals surface area contributed by atoms with Crippen LogP contribution in [-0.2, 0) is 0 Å². The zero-order chi connectivity index (χ0) is 13.1. The minimum Gasteiger partial charge on any atom is -0.309 e. The Morgan fingerprint density at radius 2 is 2.06 bits per heavy atom. The zero-order valence-electron chi connectivity index (χ0n) is 10.2. The molecular weight excluding hydrogens is 295 g/mol. The largest absolute Gasteiger partial charge is 0.309 e. The van der Waals surface area contributed by atoms with Crippen molar-refractivity contribution in [3.05, 3.63) is 63.6 Å². The van der Waals surface area contributed by atoms with Crippen LogP contribution in [0.2, 0.25) is 0 Å². The first-order valence-corrected chi connectivity index (χ1v) is 6.45. The number of benzene rings is 1. The van der Waals surface area contributed by atoms with Crippen LogP contribution in [0.25, 0.3) is 0 Å². The lowest BCUT2D eigenvalue weighted by Crippen LogP contribution is -2.19. The summed E-state index contributed by atoms with van der Waals surface area (Å²) < 4.78 is 13.9. The van der Waals surface area contributed by atoms with Crippen molar-refractivity contribution in [1.82, 2.24) is 10.3 Å². The number of aromatic nitrogens is 1. The Kier molecular flexibility index (Phi) is 4.09. The van der Waals surface area contributed by atoms with Gasteiger partial charge in [0.05, 0.1) is 6.04 Å². The van der Waals surface area contributed by atoms with Crippen molar-refractivity contribution >= 4 is 15.9 Å². The molecule has 0 aliphatic heterocycles. The van der Waals surface area contributed by atoms with E-state index in [1.54, 1.807) is 12.3 Å². The molecule has 1 heterocycles. The van der Waals surface area contributed by atoms with Gasteiger partial charge >= 0.3 is 0 Å². The van der Waals surface area contributed by atoms with Crippen molar-refractivity contribution in [2.45, 2.75) is 13.0 Å². The fourth-order valence-corrected chi connectivity index (χ4v) is 2.57. The highest BCUT2D eigenvalue weighted by Crippen LogP contribution is 2.30. The summed E-state index contributed by atoms with van der Waals surface area (Å²) in [5, 5.41) is 3.24. The molecule has 0 saturated heterocycles. The Hall–Kier alpha value is -1.26. The molecular formula is C14H14BrFN2. The molecule has 1 aromatic heterocycles. The smallest absolute Gasteiger partial charge is 0.124 e. The Morgan fingerprint density at radius 3 is 2.67 bits per heavy atom. The lowest BCUT2D eigenvalue weighted by molar-refractivity contribution is 0.621. The van der Waals surface area contributed by atoms with Crippen LogP contribution in [0, 0.1) is 12.7 Å². The van der Waals surface area contributed by atoms with Gasteiger partial charge in [0.1, 0.15) is 5.82 Å². The Morgan fingerprint density at radius 1 is 1.28 bits per heavy atom. The van der Waals surface area contributed by atoms with Gasteiger partial charge in [-0.15, -0.1) is 0 Å². The third-order valence-electron chi connectivity index (χ3n) is 2.95. The third kappa shape index (κ3) is 2.60. The Balaban J connectivity index is 2.49. The highest BCUT2D eigenvalue weighted by Gasteiger charge is 2.17. The number of nitrogens with one attached hydrogen (secondary N) is 1. The standard InChI is InChI=1S/C14H14BrFN2/c1-9-5-6-18-8-12(9)14(17-2)11-4-3-10(16)7-13(11)15/h3-8,14,17H,1-2H3. The van der Waals surface area contributed by atoms with Gasteiger partial charge in [0.15, 0.2) is 0 Å². The summed E-state index contributed by atoms with van der Waals surface area (Å²) >= 11 is 3.41. The fourth-order valence-electron chi connectivity index (χ4n) is 1.99. The Bertz CT molecular complexity index is 557. The van der Waals surface area contributed by atoms with Crippen molar-refractivity contribution in [2.24, 2.45) is 0 Å². The maximum absolute atomic E-state index is 13.1. The number of aryl methyl sites for hydroxylation is 1. The summed E-state index contributed by atoms with van der Waals surface area (Å²) in [5.74, 6) is -0.247. The molecule has 1 N–H and O–H groups in total. The van der Waals surface area contributed by atoms with E-state index in [0.717, 1.165) is 21.2 Å². The van der Waals surface area contributed by atoms with E-state index in [1.165, 1.54) is 12.1 Å². The molecule has 94 valence electrons. The van der Waals surface area contributed by atoms with Gasteiger partial charge in [-0.3, -0.25) is 4.98 Å². The summed E-state index contributed by atoms with van der Waals surface area (Å²) in [4.78, 5) is 4.16. The first-order chi connectivity index (χ1) is 8.63. The average molecular weight is 309 g/mol. The molecule has 0 saturated carbocycles. The van der Waals surface area contributed by atoms with Crippen molar-refractivity contribution in [2.75, 3.05) is 7.05 Å². The van der Waals surface area contributed by atoms with Crippen molar-refractivity contribution < 1.29 is 4.39 Å². The van der Waals surface area contributed by atoms with Crippen molar-refractivity contribution in [1.29, 1.82) is 0 Å².